The summed E-state index contributed by atoms with van der Waals surface area (Å²) in [6.45, 7) is 2.58. The van der Waals surface area contributed by atoms with Crippen LogP contribution in [-0.4, -0.2) is 47.2 Å². The first-order valence-electron chi connectivity index (χ1n) is 11.1. The van der Waals surface area contributed by atoms with Gasteiger partial charge in [0.1, 0.15) is 5.82 Å². The fraction of sp³-hybridized carbons (Fsp3) is 0.360. The van der Waals surface area contributed by atoms with Gasteiger partial charge in [-0.3, -0.25) is 9.59 Å². The van der Waals surface area contributed by atoms with Crippen molar-refractivity contribution in [3.05, 3.63) is 75.5 Å². The first-order valence-corrected chi connectivity index (χ1v) is 11.1. The van der Waals surface area contributed by atoms with Crippen LogP contribution in [0.25, 0.3) is 10.8 Å². The van der Waals surface area contributed by atoms with Crippen molar-refractivity contribution in [2.45, 2.75) is 19.3 Å². The highest BCUT2D eigenvalue weighted by molar-refractivity contribution is 5.95. The summed E-state index contributed by atoms with van der Waals surface area (Å²) in [6.07, 6.45) is 2.27. The average molecular weight is 445 g/mol. The molecule has 2 heterocycles. The Kier molecular flexibility index (Phi) is 5.43. The summed E-state index contributed by atoms with van der Waals surface area (Å²) in [6, 6.07) is 14.1. The van der Waals surface area contributed by atoms with Gasteiger partial charge < -0.3 is 10.2 Å². The molecule has 2 aromatic carbocycles. The second-order valence-corrected chi connectivity index (χ2v) is 9.14. The Morgan fingerprint density at radius 1 is 1.24 bits per heavy atom. The molecule has 1 aliphatic carbocycles. The Bertz CT molecular complexity index is 1320. The third-order valence-corrected chi connectivity index (χ3v) is 6.64. The van der Waals surface area contributed by atoms with Gasteiger partial charge in [0.05, 0.1) is 28.1 Å². The van der Waals surface area contributed by atoms with Crippen molar-refractivity contribution >= 4 is 16.7 Å². The maximum absolute atomic E-state index is 14.5. The summed E-state index contributed by atoms with van der Waals surface area (Å²) in [7, 11) is 0. The average Bonchev–Trinajstić information content (AvgIpc) is 3.58. The molecule has 3 aromatic rings. The Labute approximate surface area is 190 Å². The Balaban J connectivity index is 1.24. The lowest BCUT2D eigenvalue weighted by atomic mass is 9.97. The summed E-state index contributed by atoms with van der Waals surface area (Å²) in [5.41, 5.74) is 1.01. The van der Waals surface area contributed by atoms with Crippen molar-refractivity contribution in [3.63, 3.8) is 0 Å². The second kappa shape index (κ2) is 8.41. The second-order valence-electron chi connectivity index (χ2n) is 9.14. The molecule has 1 saturated heterocycles. The molecule has 0 spiro atoms. The zero-order valence-corrected chi connectivity index (χ0v) is 18.1. The highest BCUT2D eigenvalue weighted by Crippen LogP contribution is 2.44. The molecule has 1 aromatic heterocycles. The number of hydrogen-bond acceptors (Lipinski definition) is 5. The molecule has 0 bridgehead atoms. The van der Waals surface area contributed by atoms with E-state index in [1.165, 1.54) is 6.07 Å². The quantitative estimate of drug-likeness (QED) is 0.582. The topological polar surface area (TPSA) is 102 Å². The molecule has 5 rings (SSSR count). The Morgan fingerprint density at radius 3 is 2.73 bits per heavy atom. The van der Waals surface area contributed by atoms with Crippen molar-refractivity contribution in [1.29, 1.82) is 5.26 Å². The predicted molar refractivity (Wildman–Crippen MR) is 121 cm³/mol. The SMILES string of the molecule is N#CC1(CNCC2CN(C(=O)c3cc(Cc4n[nH]c(=O)c5ccccc45)ccc3F)C2)CC1. The van der Waals surface area contributed by atoms with E-state index in [1.54, 1.807) is 29.2 Å². The van der Waals surface area contributed by atoms with Crippen LogP contribution in [0.1, 0.15) is 34.5 Å². The van der Waals surface area contributed by atoms with E-state index in [-0.39, 0.29) is 22.4 Å². The van der Waals surface area contributed by atoms with Crippen LogP contribution in [0.2, 0.25) is 0 Å². The Hall–Kier alpha value is -3.57. The van der Waals surface area contributed by atoms with E-state index in [0.717, 1.165) is 30.3 Å². The van der Waals surface area contributed by atoms with Crippen LogP contribution >= 0.6 is 0 Å². The number of nitriles is 1. The van der Waals surface area contributed by atoms with E-state index in [4.69, 9.17) is 5.26 Å². The van der Waals surface area contributed by atoms with Crippen molar-refractivity contribution < 1.29 is 9.18 Å². The maximum Gasteiger partial charge on any atom is 0.272 e. The van der Waals surface area contributed by atoms with E-state index in [0.29, 0.717) is 43.1 Å². The van der Waals surface area contributed by atoms with Gasteiger partial charge in [-0.2, -0.15) is 10.4 Å². The van der Waals surface area contributed by atoms with Gasteiger partial charge in [-0.1, -0.05) is 24.3 Å². The van der Waals surface area contributed by atoms with Crippen molar-refractivity contribution in [1.82, 2.24) is 20.4 Å². The number of fused-ring (bicyclic) bond motifs is 1. The van der Waals surface area contributed by atoms with E-state index in [9.17, 15) is 14.0 Å². The number of H-pyrrole nitrogens is 1. The molecule has 8 heteroatoms. The number of nitrogens with zero attached hydrogens (tertiary/aromatic N) is 3. The van der Waals surface area contributed by atoms with E-state index < -0.39 is 5.82 Å². The number of aromatic nitrogens is 2. The molecule has 1 saturated carbocycles. The van der Waals surface area contributed by atoms with Crippen molar-refractivity contribution in [2.24, 2.45) is 11.3 Å². The molecule has 1 aliphatic heterocycles. The minimum atomic E-state index is -0.547. The lowest BCUT2D eigenvalue weighted by Crippen LogP contribution is -2.53. The van der Waals surface area contributed by atoms with Crippen LogP contribution in [0.4, 0.5) is 4.39 Å². The number of carbonyl (C=O) groups excluding carboxylic acids is 1. The van der Waals surface area contributed by atoms with E-state index in [1.807, 2.05) is 12.1 Å². The number of carbonyl (C=O) groups is 1. The number of rotatable bonds is 7. The van der Waals surface area contributed by atoms with Gasteiger partial charge >= 0.3 is 0 Å². The van der Waals surface area contributed by atoms with Crippen molar-refractivity contribution in [2.75, 3.05) is 26.2 Å². The standard InChI is InChI=1S/C25H24FN5O2/c26-21-6-5-16(10-22-18-3-1-2-4-19(18)23(32)30-29-22)9-20(21)24(33)31-12-17(13-31)11-28-15-25(14-27)7-8-25/h1-6,9,17,28H,7-8,10-13,15H2,(H,30,32). The van der Waals surface area contributed by atoms with Crippen LogP contribution in [0, 0.1) is 28.5 Å². The predicted octanol–water partition coefficient (Wildman–Crippen LogP) is 2.62. The largest absolute Gasteiger partial charge is 0.338 e. The van der Waals surface area contributed by atoms with Crippen LogP contribution < -0.4 is 10.9 Å². The minimum Gasteiger partial charge on any atom is -0.338 e. The number of nitrogens with one attached hydrogen (secondary N) is 2. The molecule has 0 radical (unpaired) electrons. The number of amides is 1. The molecular weight excluding hydrogens is 421 g/mol. The zero-order valence-electron chi connectivity index (χ0n) is 18.1. The molecule has 2 fully saturated rings. The van der Waals surface area contributed by atoms with Gasteiger partial charge in [0.2, 0.25) is 0 Å². The summed E-state index contributed by atoms with van der Waals surface area (Å²) in [5, 5.41) is 20.4. The number of likely N-dealkylation sites (tertiary alicyclic amines) is 1. The zero-order chi connectivity index (χ0) is 23.0. The first-order chi connectivity index (χ1) is 16.0. The van der Waals surface area contributed by atoms with E-state index >= 15 is 0 Å². The lowest BCUT2D eigenvalue weighted by molar-refractivity contribution is 0.0495. The normalized spacial score (nSPS) is 16.9. The third-order valence-electron chi connectivity index (χ3n) is 6.64. The molecule has 2 N–H and O–H groups in total. The molecule has 0 atom stereocenters. The van der Waals surface area contributed by atoms with Gasteiger partial charge in [0.25, 0.3) is 11.5 Å². The summed E-state index contributed by atoms with van der Waals surface area (Å²) in [4.78, 5) is 26.6. The van der Waals surface area contributed by atoms with Crippen LogP contribution in [0.3, 0.4) is 0 Å². The van der Waals surface area contributed by atoms with Gasteiger partial charge in [-0.15, -0.1) is 0 Å². The number of benzene rings is 2. The monoisotopic (exact) mass is 445 g/mol. The fourth-order valence-electron chi connectivity index (χ4n) is 4.38. The minimum absolute atomic E-state index is 0.0500. The van der Waals surface area contributed by atoms with Crippen LogP contribution in [-0.2, 0) is 6.42 Å². The molecule has 33 heavy (non-hydrogen) atoms. The van der Waals surface area contributed by atoms with Crippen LogP contribution in [0.15, 0.2) is 47.3 Å². The number of hydrogen-bond donors (Lipinski definition) is 2. The maximum atomic E-state index is 14.5. The summed E-state index contributed by atoms with van der Waals surface area (Å²) < 4.78 is 14.5. The third kappa shape index (κ3) is 4.24. The van der Waals surface area contributed by atoms with Gasteiger partial charge in [0, 0.05) is 43.9 Å². The Morgan fingerprint density at radius 2 is 2.00 bits per heavy atom. The fourth-order valence-corrected chi connectivity index (χ4v) is 4.38. The smallest absolute Gasteiger partial charge is 0.272 e. The number of aromatic amines is 1. The highest BCUT2D eigenvalue weighted by atomic mass is 19.1. The summed E-state index contributed by atoms with van der Waals surface area (Å²) in [5.74, 6) is -0.554. The van der Waals surface area contributed by atoms with E-state index in [2.05, 4.69) is 21.6 Å². The molecule has 1 amide bonds. The van der Waals surface area contributed by atoms with Gasteiger partial charge in [-0.05, 0) is 36.6 Å². The highest BCUT2D eigenvalue weighted by Gasteiger charge is 2.43. The molecular formula is C25H24FN5O2. The van der Waals surface area contributed by atoms with Gasteiger partial charge in [0.15, 0.2) is 0 Å². The lowest BCUT2D eigenvalue weighted by Gasteiger charge is -2.39. The van der Waals surface area contributed by atoms with Crippen molar-refractivity contribution in [3.8, 4) is 6.07 Å². The first kappa shape index (κ1) is 21.3. The summed E-state index contributed by atoms with van der Waals surface area (Å²) >= 11 is 0. The molecule has 168 valence electrons. The molecule has 7 nitrogen and oxygen atoms in total. The molecule has 0 unspecified atom stereocenters. The number of halogens is 1. The van der Waals surface area contributed by atoms with Crippen LogP contribution in [0.5, 0.6) is 0 Å². The molecule has 2 aliphatic rings. The van der Waals surface area contributed by atoms with Gasteiger partial charge in [-0.25, -0.2) is 9.49 Å².